The van der Waals surface area contributed by atoms with Crippen LogP contribution in [0.4, 0.5) is 4.39 Å². The lowest BCUT2D eigenvalue weighted by Crippen LogP contribution is -2.38. The van der Waals surface area contributed by atoms with Crippen molar-refractivity contribution in [1.82, 2.24) is 25.2 Å². The lowest BCUT2D eigenvalue weighted by Gasteiger charge is -2.11. The monoisotopic (exact) mass is 482 g/mol. The van der Waals surface area contributed by atoms with Crippen molar-refractivity contribution in [3.05, 3.63) is 65.9 Å². The quantitative estimate of drug-likeness (QED) is 0.309. The van der Waals surface area contributed by atoms with Gasteiger partial charge < -0.3 is 10.6 Å². The van der Waals surface area contributed by atoms with E-state index < -0.39 is 0 Å². The fraction of sp³-hybridized carbons (Fsp3) is 0.316. The van der Waals surface area contributed by atoms with Crippen LogP contribution in [-0.4, -0.2) is 40.2 Å². The van der Waals surface area contributed by atoms with Crippen LogP contribution >= 0.6 is 24.0 Å². The van der Waals surface area contributed by atoms with E-state index in [2.05, 4.69) is 25.8 Å². The number of rotatable bonds is 7. The van der Waals surface area contributed by atoms with Gasteiger partial charge in [0.15, 0.2) is 11.6 Å². The highest BCUT2D eigenvalue weighted by Gasteiger charge is 2.05. The SMILES string of the molecule is CCNC(=NCCc1nnc2ccccn12)NCCc1ccccc1F.I. The lowest BCUT2D eigenvalue weighted by atomic mass is 10.1. The highest BCUT2D eigenvalue weighted by molar-refractivity contribution is 14.0. The number of halogens is 2. The van der Waals surface area contributed by atoms with Crippen molar-refractivity contribution in [1.29, 1.82) is 0 Å². The summed E-state index contributed by atoms with van der Waals surface area (Å²) < 4.78 is 15.6. The van der Waals surface area contributed by atoms with Crippen molar-refractivity contribution < 1.29 is 4.39 Å². The standard InChI is InChI=1S/C19H23FN6.HI/c1-2-21-19(22-12-10-15-7-3-4-8-16(15)20)23-13-11-18-25-24-17-9-5-6-14-26(17)18;/h3-9,14H,2,10-13H2,1H3,(H2,21,22,23);1H. The molecular formula is C19H24FIN6. The van der Waals surface area contributed by atoms with Crippen molar-refractivity contribution in [2.45, 2.75) is 19.8 Å². The summed E-state index contributed by atoms with van der Waals surface area (Å²) in [6.07, 6.45) is 3.24. The van der Waals surface area contributed by atoms with Gasteiger partial charge >= 0.3 is 0 Å². The lowest BCUT2D eigenvalue weighted by molar-refractivity contribution is 0.606. The van der Waals surface area contributed by atoms with Gasteiger partial charge in [-0.3, -0.25) is 9.39 Å². The third-order valence-electron chi connectivity index (χ3n) is 3.98. The van der Waals surface area contributed by atoms with Crippen molar-refractivity contribution in [3.63, 3.8) is 0 Å². The predicted octanol–water partition coefficient (Wildman–Crippen LogP) is 2.83. The molecule has 3 rings (SSSR count). The van der Waals surface area contributed by atoms with Crippen molar-refractivity contribution in [2.75, 3.05) is 19.6 Å². The minimum atomic E-state index is -0.171. The maximum absolute atomic E-state index is 13.7. The Bertz CT molecular complexity index is 879. The van der Waals surface area contributed by atoms with Gasteiger partial charge in [0.1, 0.15) is 11.6 Å². The summed E-state index contributed by atoms with van der Waals surface area (Å²) in [5, 5.41) is 14.8. The van der Waals surface area contributed by atoms with E-state index in [1.807, 2.05) is 41.8 Å². The molecule has 2 aromatic heterocycles. The molecule has 27 heavy (non-hydrogen) atoms. The van der Waals surface area contributed by atoms with Gasteiger partial charge in [0.2, 0.25) is 0 Å². The molecule has 0 aliphatic carbocycles. The highest BCUT2D eigenvalue weighted by atomic mass is 127. The molecule has 144 valence electrons. The number of hydrogen-bond donors (Lipinski definition) is 2. The molecule has 2 heterocycles. The molecule has 0 amide bonds. The van der Waals surface area contributed by atoms with E-state index in [-0.39, 0.29) is 29.8 Å². The Morgan fingerprint density at radius 1 is 1.07 bits per heavy atom. The average molecular weight is 482 g/mol. The second kappa shape index (κ2) is 10.8. The Morgan fingerprint density at radius 3 is 2.70 bits per heavy atom. The Balaban J connectivity index is 0.00000261. The largest absolute Gasteiger partial charge is 0.357 e. The van der Waals surface area contributed by atoms with Crippen LogP contribution in [0, 0.1) is 5.82 Å². The van der Waals surface area contributed by atoms with Gasteiger partial charge in [0.05, 0.1) is 0 Å². The van der Waals surface area contributed by atoms with Gasteiger partial charge in [-0.15, -0.1) is 34.2 Å². The van der Waals surface area contributed by atoms with Crippen LogP contribution in [0.25, 0.3) is 5.65 Å². The number of guanidine groups is 1. The number of pyridine rings is 1. The zero-order chi connectivity index (χ0) is 18.2. The highest BCUT2D eigenvalue weighted by Crippen LogP contribution is 2.06. The molecule has 0 bridgehead atoms. The first-order valence-electron chi connectivity index (χ1n) is 8.82. The Morgan fingerprint density at radius 2 is 1.89 bits per heavy atom. The topological polar surface area (TPSA) is 66.6 Å². The van der Waals surface area contributed by atoms with Gasteiger partial charge in [0.25, 0.3) is 0 Å². The van der Waals surface area contributed by atoms with Gasteiger partial charge in [-0.2, -0.15) is 0 Å². The van der Waals surface area contributed by atoms with E-state index >= 15 is 0 Å². The Hall–Kier alpha value is -2.23. The summed E-state index contributed by atoms with van der Waals surface area (Å²) in [5.74, 6) is 1.43. The zero-order valence-corrected chi connectivity index (χ0v) is 17.6. The summed E-state index contributed by atoms with van der Waals surface area (Å²) >= 11 is 0. The molecule has 2 N–H and O–H groups in total. The molecule has 0 aliphatic heterocycles. The summed E-state index contributed by atoms with van der Waals surface area (Å²) in [6, 6.07) is 12.7. The maximum atomic E-state index is 13.7. The molecular weight excluding hydrogens is 458 g/mol. The van der Waals surface area contributed by atoms with Gasteiger partial charge in [0, 0.05) is 32.3 Å². The summed E-state index contributed by atoms with van der Waals surface area (Å²) in [4.78, 5) is 4.57. The van der Waals surface area contributed by atoms with E-state index in [1.165, 1.54) is 6.07 Å². The molecule has 0 unspecified atom stereocenters. The molecule has 0 atom stereocenters. The Labute approximate surface area is 175 Å². The van der Waals surface area contributed by atoms with Crippen molar-refractivity contribution >= 4 is 35.6 Å². The zero-order valence-electron chi connectivity index (χ0n) is 15.2. The third-order valence-corrected chi connectivity index (χ3v) is 3.98. The van der Waals surface area contributed by atoms with Crippen LogP contribution in [0.15, 0.2) is 53.7 Å². The minimum Gasteiger partial charge on any atom is -0.357 e. The first-order valence-corrected chi connectivity index (χ1v) is 8.82. The molecule has 0 spiro atoms. The van der Waals surface area contributed by atoms with E-state index in [0.29, 0.717) is 31.5 Å². The maximum Gasteiger partial charge on any atom is 0.191 e. The number of nitrogens with one attached hydrogen (secondary N) is 2. The second-order valence-corrected chi connectivity index (χ2v) is 5.82. The van der Waals surface area contributed by atoms with Crippen LogP contribution in [0.3, 0.4) is 0 Å². The average Bonchev–Trinajstić information content (AvgIpc) is 3.07. The molecule has 8 heteroatoms. The number of benzene rings is 1. The molecule has 0 fully saturated rings. The normalized spacial score (nSPS) is 11.3. The number of aliphatic imine (C=N–C) groups is 1. The molecule has 6 nitrogen and oxygen atoms in total. The molecule has 0 aliphatic rings. The van der Waals surface area contributed by atoms with Crippen LogP contribution < -0.4 is 10.6 Å². The fourth-order valence-corrected chi connectivity index (χ4v) is 2.69. The van der Waals surface area contributed by atoms with Crippen LogP contribution in [-0.2, 0) is 12.8 Å². The van der Waals surface area contributed by atoms with Crippen molar-refractivity contribution in [2.24, 2.45) is 4.99 Å². The first kappa shape index (κ1) is 21.1. The second-order valence-electron chi connectivity index (χ2n) is 5.82. The van der Waals surface area contributed by atoms with Gasteiger partial charge in [-0.1, -0.05) is 24.3 Å². The third kappa shape index (κ3) is 5.88. The number of hydrogen-bond acceptors (Lipinski definition) is 3. The van der Waals surface area contributed by atoms with Gasteiger partial charge in [-0.25, -0.2) is 4.39 Å². The summed E-state index contributed by atoms with van der Waals surface area (Å²) in [7, 11) is 0. The molecule has 0 saturated heterocycles. The van der Waals surface area contributed by atoms with E-state index in [0.717, 1.165) is 24.0 Å². The molecule has 1 aromatic carbocycles. The van der Waals surface area contributed by atoms with Crippen LogP contribution in [0.2, 0.25) is 0 Å². The molecule has 3 aromatic rings. The van der Waals surface area contributed by atoms with E-state index in [9.17, 15) is 4.39 Å². The number of fused-ring (bicyclic) bond motifs is 1. The summed E-state index contributed by atoms with van der Waals surface area (Å²) in [6.45, 7) is 3.98. The number of nitrogens with zero attached hydrogens (tertiary/aromatic N) is 4. The number of aromatic nitrogens is 3. The van der Waals surface area contributed by atoms with E-state index in [4.69, 9.17) is 0 Å². The fourth-order valence-electron chi connectivity index (χ4n) is 2.69. The van der Waals surface area contributed by atoms with E-state index in [1.54, 1.807) is 12.1 Å². The van der Waals surface area contributed by atoms with Crippen LogP contribution in [0.1, 0.15) is 18.3 Å². The van der Waals surface area contributed by atoms with Gasteiger partial charge in [-0.05, 0) is 37.1 Å². The minimum absolute atomic E-state index is 0. The predicted molar refractivity (Wildman–Crippen MR) is 116 cm³/mol. The molecule has 0 saturated carbocycles. The van der Waals surface area contributed by atoms with Crippen molar-refractivity contribution in [3.8, 4) is 0 Å². The first-order chi connectivity index (χ1) is 12.8. The smallest absolute Gasteiger partial charge is 0.191 e. The molecule has 0 radical (unpaired) electrons. The Kier molecular flexibility index (Phi) is 8.43. The summed E-state index contributed by atoms with van der Waals surface area (Å²) in [5.41, 5.74) is 1.53. The van der Waals surface area contributed by atoms with Crippen LogP contribution in [0.5, 0.6) is 0 Å².